The summed E-state index contributed by atoms with van der Waals surface area (Å²) >= 11 is 6.20. The van der Waals surface area contributed by atoms with Crippen LogP contribution in [0.3, 0.4) is 0 Å². The van der Waals surface area contributed by atoms with Crippen LogP contribution in [0.1, 0.15) is 19.3 Å². The molecule has 1 saturated heterocycles. The van der Waals surface area contributed by atoms with Gasteiger partial charge in [0.05, 0.1) is 35.4 Å². The van der Waals surface area contributed by atoms with Gasteiger partial charge in [0.15, 0.2) is 0 Å². The minimum atomic E-state index is -3.60. The Labute approximate surface area is 178 Å². The first-order chi connectivity index (χ1) is 13.9. The Kier molecular flexibility index (Phi) is 9.81. The van der Waals surface area contributed by atoms with Crippen molar-refractivity contribution in [2.75, 3.05) is 65.5 Å². The van der Waals surface area contributed by atoms with Gasteiger partial charge in [-0.15, -0.1) is 0 Å². The number of methoxy groups -OCH3 is 2. The van der Waals surface area contributed by atoms with Crippen LogP contribution in [0.5, 0.6) is 0 Å². The first-order valence-corrected chi connectivity index (χ1v) is 11.5. The molecule has 1 heterocycles. The molecule has 1 aromatic rings. The topological polar surface area (TPSA) is 88.2 Å². The number of benzene rings is 1. The van der Waals surface area contributed by atoms with Crippen molar-refractivity contribution in [1.82, 2.24) is 9.21 Å². The van der Waals surface area contributed by atoms with E-state index in [1.807, 2.05) is 4.90 Å². The summed E-state index contributed by atoms with van der Waals surface area (Å²) in [6.45, 7) is 3.27. The van der Waals surface area contributed by atoms with Crippen LogP contribution >= 0.6 is 11.6 Å². The molecule has 0 atom stereocenters. The second kappa shape index (κ2) is 11.8. The third-order valence-corrected chi connectivity index (χ3v) is 6.98. The van der Waals surface area contributed by atoms with Crippen LogP contribution < -0.4 is 5.32 Å². The molecule has 1 N–H and O–H groups in total. The molecular weight excluding hydrogens is 418 g/mol. The minimum absolute atomic E-state index is 0.117. The number of sulfonamides is 1. The summed E-state index contributed by atoms with van der Waals surface area (Å²) in [4.78, 5) is 14.5. The van der Waals surface area contributed by atoms with Crippen LogP contribution in [-0.4, -0.2) is 83.7 Å². The zero-order chi connectivity index (χ0) is 21.3. The molecule has 1 fully saturated rings. The van der Waals surface area contributed by atoms with Crippen LogP contribution in [0.25, 0.3) is 0 Å². The van der Waals surface area contributed by atoms with Crippen LogP contribution in [0.15, 0.2) is 23.1 Å². The van der Waals surface area contributed by atoms with E-state index in [1.54, 1.807) is 14.2 Å². The highest BCUT2D eigenvalue weighted by Gasteiger charge is 2.26. The number of piperidine rings is 1. The Morgan fingerprint density at radius 2 is 1.76 bits per heavy atom. The molecule has 1 amide bonds. The summed E-state index contributed by atoms with van der Waals surface area (Å²) < 4.78 is 37.4. The van der Waals surface area contributed by atoms with Gasteiger partial charge >= 0.3 is 0 Å². The fraction of sp³-hybridized carbons (Fsp3) is 0.632. The first-order valence-electron chi connectivity index (χ1n) is 9.68. The molecule has 1 aliphatic heterocycles. The molecule has 1 aromatic carbocycles. The standard InChI is InChI=1S/C19H30ClN3O5S/c1-27-12-10-22(11-13-28-2)15-19(24)21-18-14-16(6-7-17(18)20)29(25,26)23-8-4-3-5-9-23/h6-7,14H,3-5,8-13,15H2,1-2H3,(H,21,24). The molecule has 0 unspecified atom stereocenters. The summed E-state index contributed by atoms with van der Waals surface area (Å²) in [5.74, 6) is -0.286. The number of nitrogens with zero attached hydrogens (tertiary/aromatic N) is 2. The smallest absolute Gasteiger partial charge is 0.243 e. The number of anilines is 1. The van der Waals surface area contributed by atoms with Gasteiger partial charge in [0.1, 0.15) is 0 Å². The lowest BCUT2D eigenvalue weighted by atomic mass is 10.2. The van der Waals surface area contributed by atoms with Gasteiger partial charge < -0.3 is 14.8 Å². The third-order valence-electron chi connectivity index (χ3n) is 4.76. The van der Waals surface area contributed by atoms with Crippen molar-refractivity contribution in [3.05, 3.63) is 23.2 Å². The Balaban J connectivity index is 2.09. The number of ether oxygens (including phenoxy) is 2. The van der Waals surface area contributed by atoms with Gasteiger partial charge in [0.25, 0.3) is 0 Å². The van der Waals surface area contributed by atoms with Gasteiger partial charge in [0, 0.05) is 40.4 Å². The Morgan fingerprint density at radius 3 is 2.34 bits per heavy atom. The molecule has 0 spiro atoms. The lowest BCUT2D eigenvalue weighted by Gasteiger charge is -2.26. The molecule has 0 bridgehead atoms. The highest BCUT2D eigenvalue weighted by molar-refractivity contribution is 7.89. The quantitative estimate of drug-likeness (QED) is 0.558. The van der Waals surface area contributed by atoms with E-state index in [1.165, 1.54) is 22.5 Å². The number of nitrogens with one attached hydrogen (secondary N) is 1. The Bertz CT molecular complexity index is 761. The monoisotopic (exact) mass is 447 g/mol. The van der Waals surface area contributed by atoms with E-state index >= 15 is 0 Å². The lowest BCUT2D eigenvalue weighted by molar-refractivity contribution is -0.117. The van der Waals surface area contributed by atoms with Gasteiger partial charge in [-0.05, 0) is 31.0 Å². The molecule has 29 heavy (non-hydrogen) atoms. The van der Waals surface area contributed by atoms with Crippen LogP contribution in [0, 0.1) is 0 Å². The number of halogens is 1. The maximum atomic E-state index is 12.9. The van der Waals surface area contributed by atoms with Crippen LogP contribution in [0.2, 0.25) is 5.02 Å². The summed E-state index contributed by atoms with van der Waals surface area (Å²) in [6, 6.07) is 4.41. The molecule has 0 saturated carbocycles. The van der Waals surface area contributed by atoms with Crippen LogP contribution in [-0.2, 0) is 24.3 Å². The average Bonchev–Trinajstić information content (AvgIpc) is 2.72. The maximum Gasteiger partial charge on any atom is 0.243 e. The van der Waals surface area contributed by atoms with E-state index in [2.05, 4.69) is 5.32 Å². The molecule has 1 aliphatic rings. The largest absolute Gasteiger partial charge is 0.383 e. The summed E-state index contributed by atoms with van der Waals surface area (Å²) in [7, 11) is -0.405. The van der Waals surface area contributed by atoms with Crippen molar-refractivity contribution in [2.45, 2.75) is 24.2 Å². The second-order valence-electron chi connectivity index (χ2n) is 6.92. The van der Waals surface area contributed by atoms with Crippen molar-refractivity contribution >= 4 is 33.2 Å². The number of carbonyl (C=O) groups is 1. The number of hydrogen-bond acceptors (Lipinski definition) is 6. The highest BCUT2D eigenvalue weighted by Crippen LogP contribution is 2.28. The SMILES string of the molecule is COCCN(CCOC)CC(=O)Nc1cc(S(=O)(=O)N2CCCCC2)ccc1Cl. The van der Waals surface area contributed by atoms with Gasteiger partial charge in [-0.3, -0.25) is 9.69 Å². The third kappa shape index (κ3) is 7.20. The van der Waals surface area contributed by atoms with Crippen LogP contribution in [0.4, 0.5) is 5.69 Å². The summed E-state index contributed by atoms with van der Waals surface area (Å²) in [5.41, 5.74) is 0.285. The number of carbonyl (C=O) groups excluding carboxylic acids is 1. The fourth-order valence-corrected chi connectivity index (χ4v) is 4.83. The van der Waals surface area contributed by atoms with E-state index in [9.17, 15) is 13.2 Å². The van der Waals surface area contributed by atoms with E-state index < -0.39 is 10.0 Å². The molecule has 164 valence electrons. The van der Waals surface area contributed by atoms with Gasteiger partial charge in [-0.2, -0.15) is 4.31 Å². The Morgan fingerprint density at radius 1 is 1.14 bits per heavy atom. The maximum absolute atomic E-state index is 12.9. The molecule has 0 aliphatic carbocycles. The normalized spacial score (nSPS) is 15.6. The van der Waals surface area contributed by atoms with Crippen molar-refractivity contribution < 1.29 is 22.7 Å². The zero-order valence-corrected chi connectivity index (χ0v) is 18.6. The first kappa shape index (κ1) is 24.0. The van der Waals surface area contributed by atoms with Crippen molar-refractivity contribution in [2.24, 2.45) is 0 Å². The fourth-order valence-electron chi connectivity index (χ4n) is 3.12. The number of rotatable bonds is 11. The predicted octanol–water partition coefficient (Wildman–Crippen LogP) is 2.05. The second-order valence-corrected chi connectivity index (χ2v) is 9.26. The van der Waals surface area contributed by atoms with Gasteiger partial charge in [0.2, 0.25) is 15.9 Å². The molecule has 2 rings (SSSR count). The van der Waals surface area contributed by atoms with E-state index in [4.69, 9.17) is 21.1 Å². The minimum Gasteiger partial charge on any atom is -0.383 e. The molecule has 8 nitrogen and oxygen atoms in total. The Hall–Kier alpha value is -1.23. The van der Waals surface area contributed by atoms with Gasteiger partial charge in [-0.25, -0.2) is 8.42 Å². The lowest BCUT2D eigenvalue weighted by Crippen LogP contribution is -2.37. The highest BCUT2D eigenvalue weighted by atomic mass is 35.5. The van der Waals surface area contributed by atoms with Crippen molar-refractivity contribution in [1.29, 1.82) is 0 Å². The van der Waals surface area contributed by atoms with E-state index in [0.29, 0.717) is 39.4 Å². The van der Waals surface area contributed by atoms with E-state index in [-0.39, 0.29) is 28.1 Å². The van der Waals surface area contributed by atoms with Crippen molar-refractivity contribution in [3.8, 4) is 0 Å². The van der Waals surface area contributed by atoms with E-state index in [0.717, 1.165) is 19.3 Å². The van der Waals surface area contributed by atoms with Crippen molar-refractivity contribution in [3.63, 3.8) is 0 Å². The molecule has 10 heteroatoms. The zero-order valence-electron chi connectivity index (χ0n) is 17.0. The molecular formula is C19H30ClN3O5S. The summed E-state index contributed by atoms with van der Waals surface area (Å²) in [5, 5.41) is 3.02. The number of amides is 1. The summed E-state index contributed by atoms with van der Waals surface area (Å²) in [6.07, 6.45) is 2.75. The average molecular weight is 448 g/mol. The predicted molar refractivity (Wildman–Crippen MR) is 113 cm³/mol. The molecule has 0 aromatic heterocycles. The van der Waals surface area contributed by atoms with Gasteiger partial charge in [-0.1, -0.05) is 18.0 Å². The molecule has 0 radical (unpaired) electrons. The number of hydrogen-bond donors (Lipinski definition) is 1.